The molecule has 4 nitrogen and oxygen atoms in total. The molecule has 0 radical (unpaired) electrons. The van der Waals surface area contributed by atoms with Gasteiger partial charge in [-0.15, -0.1) is 0 Å². The first kappa shape index (κ1) is 17.1. The Hall–Kier alpha value is -2.75. The second-order valence-corrected chi connectivity index (χ2v) is 6.29. The number of anilines is 1. The molecule has 0 aliphatic heterocycles. The van der Waals surface area contributed by atoms with Gasteiger partial charge in [-0.05, 0) is 60.1 Å². The highest BCUT2D eigenvalue weighted by Gasteiger charge is 2.28. The normalized spacial score (nSPS) is 13.8. The Labute approximate surface area is 148 Å². The van der Waals surface area contributed by atoms with Crippen LogP contribution in [0.5, 0.6) is 11.5 Å². The van der Waals surface area contributed by atoms with Crippen LogP contribution in [0.15, 0.2) is 36.4 Å². The zero-order chi connectivity index (χ0) is 17.8. The average molecular weight is 337 g/mol. The fourth-order valence-electron chi connectivity index (χ4n) is 3.08. The summed E-state index contributed by atoms with van der Waals surface area (Å²) in [6.45, 7) is 0. The summed E-state index contributed by atoms with van der Waals surface area (Å²) in [5, 5.41) is 0. The number of rotatable bonds is 7. The molecule has 0 atom stereocenters. The maximum absolute atomic E-state index is 11.6. The molecular formula is C21H23NO3. The van der Waals surface area contributed by atoms with Crippen LogP contribution in [0.4, 0.5) is 5.69 Å². The van der Waals surface area contributed by atoms with Gasteiger partial charge in [0.25, 0.3) is 0 Å². The van der Waals surface area contributed by atoms with Gasteiger partial charge in [-0.25, -0.2) is 0 Å². The van der Waals surface area contributed by atoms with Crippen LogP contribution in [0, 0.1) is 0 Å². The van der Waals surface area contributed by atoms with Crippen LogP contribution in [-0.2, 0) is 6.42 Å². The van der Waals surface area contributed by atoms with E-state index in [4.69, 9.17) is 15.2 Å². The quantitative estimate of drug-likeness (QED) is 0.606. The molecule has 0 saturated heterocycles. The molecule has 3 rings (SSSR count). The number of nitrogen functional groups attached to an aromatic ring is 1. The molecule has 0 unspecified atom stereocenters. The Balaban J connectivity index is 1.83. The molecule has 0 spiro atoms. The van der Waals surface area contributed by atoms with Gasteiger partial charge < -0.3 is 15.2 Å². The van der Waals surface area contributed by atoms with E-state index >= 15 is 0 Å². The molecule has 1 saturated carbocycles. The van der Waals surface area contributed by atoms with Gasteiger partial charge in [0.1, 0.15) is 11.5 Å². The first-order valence-electron chi connectivity index (χ1n) is 8.42. The SMILES string of the molecule is COc1cc(C/C=C/c2ccc(N)c(C3CC3)c2C=O)cc(OC)c1. The third-order valence-corrected chi connectivity index (χ3v) is 4.52. The number of hydrogen-bond acceptors (Lipinski definition) is 4. The number of allylic oxidation sites excluding steroid dienone is 1. The number of methoxy groups -OCH3 is 2. The highest BCUT2D eigenvalue weighted by atomic mass is 16.5. The molecule has 0 bridgehead atoms. The molecule has 25 heavy (non-hydrogen) atoms. The third-order valence-electron chi connectivity index (χ3n) is 4.52. The van der Waals surface area contributed by atoms with Crippen LogP contribution >= 0.6 is 0 Å². The van der Waals surface area contributed by atoms with Gasteiger partial charge in [-0.2, -0.15) is 0 Å². The first-order chi connectivity index (χ1) is 12.2. The highest BCUT2D eigenvalue weighted by Crippen LogP contribution is 2.44. The number of ether oxygens (including phenoxy) is 2. The molecule has 2 N–H and O–H groups in total. The van der Waals surface area contributed by atoms with E-state index < -0.39 is 0 Å². The second-order valence-electron chi connectivity index (χ2n) is 6.29. The van der Waals surface area contributed by atoms with Gasteiger partial charge in [-0.1, -0.05) is 18.2 Å². The maximum Gasteiger partial charge on any atom is 0.151 e. The molecule has 1 fully saturated rings. The van der Waals surface area contributed by atoms with Crippen molar-refractivity contribution < 1.29 is 14.3 Å². The second kappa shape index (κ2) is 7.43. The van der Waals surface area contributed by atoms with Crippen LogP contribution < -0.4 is 15.2 Å². The average Bonchev–Trinajstić information content (AvgIpc) is 3.47. The van der Waals surface area contributed by atoms with Crippen molar-refractivity contribution in [3.8, 4) is 11.5 Å². The summed E-state index contributed by atoms with van der Waals surface area (Å²) < 4.78 is 10.6. The van der Waals surface area contributed by atoms with Crippen molar-refractivity contribution >= 4 is 18.0 Å². The zero-order valence-electron chi connectivity index (χ0n) is 14.6. The van der Waals surface area contributed by atoms with Crippen LogP contribution in [0.1, 0.15) is 45.8 Å². The predicted octanol–water partition coefficient (Wildman–Crippen LogP) is 4.23. The van der Waals surface area contributed by atoms with Gasteiger partial charge in [-0.3, -0.25) is 4.79 Å². The lowest BCUT2D eigenvalue weighted by molar-refractivity contribution is 0.112. The molecule has 4 heteroatoms. The van der Waals surface area contributed by atoms with Crippen molar-refractivity contribution in [1.29, 1.82) is 0 Å². The minimum Gasteiger partial charge on any atom is -0.497 e. The van der Waals surface area contributed by atoms with Gasteiger partial charge in [0, 0.05) is 17.3 Å². The molecule has 0 amide bonds. The third kappa shape index (κ3) is 3.85. The highest BCUT2D eigenvalue weighted by molar-refractivity contribution is 5.87. The van der Waals surface area contributed by atoms with Crippen LogP contribution in [0.2, 0.25) is 0 Å². The summed E-state index contributed by atoms with van der Waals surface area (Å²) in [5.41, 5.74) is 10.5. The molecule has 130 valence electrons. The zero-order valence-corrected chi connectivity index (χ0v) is 14.6. The Morgan fingerprint density at radius 3 is 2.36 bits per heavy atom. The first-order valence-corrected chi connectivity index (χ1v) is 8.42. The van der Waals surface area contributed by atoms with Gasteiger partial charge in [0.2, 0.25) is 0 Å². The number of carbonyl (C=O) groups is 1. The molecule has 1 aliphatic carbocycles. The van der Waals surface area contributed by atoms with E-state index in [0.29, 0.717) is 5.92 Å². The maximum atomic E-state index is 11.6. The Kier molecular flexibility index (Phi) is 5.08. The molecule has 2 aromatic carbocycles. The lowest BCUT2D eigenvalue weighted by Crippen LogP contribution is -2.00. The lowest BCUT2D eigenvalue weighted by Gasteiger charge is -2.10. The summed E-state index contributed by atoms with van der Waals surface area (Å²) in [6.07, 6.45) is 7.90. The number of hydrogen-bond donors (Lipinski definition) is 1. The van der Waals surface area contributed by atoms with E-state index in [-0.39, 0.29) is 0 Å². The largest absolute Gasteiger partial charge is 0.497 e. The number of benzene rings is 2. The van der Waals surface area contributed by atoms with E-state index in [2.05, 4.69) is 0 Å². The van der Waals surface area contributed by atoms with E-state index in [0.717, 1.165) is 65.0 Å². The Morgan fingerprint density at radius 2 is 1.80 bits per heavy atom. The van der Waals surface area contributed by atoms with Crippen molar-refractivity contribution in [3.63, 3.8) is 0 Å². The number of aldehydes is 1. The molecule has 1 aliphatic rings. The summed E-state index contributed by atoms with van der Waals surface area (Å²) in [4.78, 5) is 11.6. The summed E-state index contributed by atoms with van der Waals surface area (Å²) >= 11 is 0. The standard InChI is InChI=1S/C21H23NO3/c1-24-17-10-14(11-18(12-17)25-2)4-3-5-15-8-9-20(22)21(16-6-7-16)19(15)13-23/h3,5,8-13,16H,4,6-7,22H2,1-2H3/b5-3+. The monoisotopic (exact) mass is 337 g/mol. The summed E-state index contributed by atoms with van der Waals surface area (Å²) in [7, 11) is 3.27. The summed E-state index contributed by atoms with van der Waals surface area (Å²) in [5.74, 6) is 1.97. The minimum atomic E-state index is 0.441. The van der Waals surface area contributed by atoms with Crippen molar-refractivity contribution in [2.24, 2.45) is 0 Å². The van der Waals surface area contributed by atoms with Crippen LogP contribution in [-0.4, -0.2) is 20.5 Å². The van der Waals surface area contributed by atoms with E-state index in [1.165, 1.54) is 0 Å². The van der Waals surface area contributed by atoms with Gasteiger partial charge in [0.15, 0.2) is 6.29 Å². The van der Waals surface area contributed by atoms with Gasteiger partial charge in [0.05, 0.1) is 14.2 Å². The lowest BCUT2D eigenvalue weighted by atomic mass is 9.96. The van der Waals surface area contributed by atoms with Crippen molar-refractivity contribution in [2.75, 3.05) is 20.0 Å². The minimum absolute atomic E-state index is 0.441. The van der Waals surface area contributed by atoms with Crippen LogP contribution in [0.3, 0.4) is 0 Å². The molecule has 0 heterocycles. The predicted molar refractivity (Wildman–Crippen MR) is 101 cm³/mol. The summed E-state index contributed by atoms with van der Waals surface area (Å²) in [6, 6.07) is 9.61. The number of carbonyl (C=O) groups excluding carboxylic acids is 1. The van der Waals surface area contributed by atoms with Crippen LogP contribution in [0.25, 0.3) is 6.08 Å². The van der Waals surface area contributed by atoms with E-state index in [9.17, 15) is 4.79 Å². The smallest absolute Gasteiger partial charge is 0.151 e. The number of nitrogens with two attached hydrogens (primary N) is 1. The molecule has 0 aromatic heterocycles. The Bertz CT molecular complexity index is 785. The Morgan fingerprint density at radius 1 is 1.12 bits per heavy atom. The van der Waals surface area contributed by atoms with Gasteiger partial charge >= 0.3 is 0 Å². The van der Waals surface area contributed by atoms with Crippen molar-refractivity contribution in [3.05, 3.63) is 58.7 Å². The van der Waals surface area contributed by atoms with E-state index in [1.54, 1.807) is 14.2 Å². The fourth-order valence-corrected chi connectivity index (χ4v) is 3.08. The van der Waals surface area contributed by atoms with Crippen molar-refractivity contribution in [1.82, 2.24) is 0 Å². The van der Waals surface area contributed by atoms with Crippen molar-refractivity contribution in [2.45, 2.75) is 25.2 Å². The molecular weight excluding hydrogens is 314 g/mol. The fraction of sp³-hybridized carbons (Fsp3) is 0.286. The van der Waals surface area contributed by atoms with E-state index in [1.807, 2.05) is 42.5 Å². The topological polar surface area (TPSA) is 61.5 Å². The molecule has 2 aromatic rings.